The Labute approximate surface area is 168 Å². The molecule has 1 amide bonds. The van der Waals surface area contributed by atoms with Crippen LogP contribution in [0.2, 0.25) is 0 Å². The third kappa shape index (κ3) is 3.64. The summed E-state index contributed by atoms with van der Waals surface area (Å²) in [6.07, 6.45) is 5.74. The van der Waals surface area contributed by atoms with E-state index in [-0.39, 0.29) is 23.9 Å². The molecule has 2 heterocycles. The Morgan fingerprint density at radius 2 is 1.66 bits per heavy atom. The van der Waals surface area contributed by atoms with Crippen LogP contribution in [0.15, 0.2) is 35.5 Å². The molecule has 2 fully saturated rings. The molecule has 0 bridgehead atoms. The van der Waals surface area contributed by atoms with Crippen LogP contribution in [-0.4, -0.2) is 69.9 Å². The lowest BCUT2D eigenvalue weighted by molar-refractivity contribution is -0.144. The molecule has 1 aliphatic heterocycles. The van der Waals surface area contributed by atoms with Gasteiger partial charge < -0.3 is 4.90 Å². The minimum atomic E-state index is -3.72. The van der Waals surface area contributed by atoms with Crippen molar-refractivity contribution >= 4 is 15.9 Å². The predicted molar refractivity (Wildman–Crippen MR) is 101 cm³/mol. The molecule has 0 N–H and O–H groups in total. The quantitative estimate of drug-likeness (QED) is 0.729. The van der Waals surface area contributed by atoms with E-state index in [0.29, 0.717) is 25.9 Å². The fourth-order valence-electron chi connectivity index (χ4n) is 4.22. The highest BCUT2D eigenvalue weighted by Gasteiger charge is 2.46. The van der Waals surface area contributed by atoms with Gasteiger partial charge in [-0.1, -0.05) is 19.3 Å². The van der Waals surface area contributed by atoms with Crippen LogP contribution in [0.5, 0.6) is 0 Å². The minimum Gasteiger partial charge on any atom is -0.338 e. The first-order valence-corrected chi connectivity index (χ1v) is 11.2. The summed E-state index contributed by atoms with van der Waals surface area (Å²) in [5.74, 6) is -0.539. The van der Waals surface area contributed by atoms with E-state index in [9.17, 15) is 17.6 Å². The van der Waals surface area contributed by atoms with Gasteiger partial charge in [0.1, 0.15) is 17.7 Å². The molecule has 1 aromatic heterocycles. The van der Waals surface area contributed by atoms with Gasteiger partial charge in [-0.2, -0.15) is 4.31 Å². The first-order chi connectivity index (χ1) is 13.9. The average molecular weight is 422 g/mol. The number of nitrogens with zero attached hydrogens (tertiary/aromatic N) is 6. The molecule has 0 atom stereocenters. The summed E-state index contributed by atoms with van der Waals surface area (Å²) >= 11 is 0. The van der Waals surface area contributed by atoms with Gasteiger partial charge in [0.25, 0.3) is 5.91 Å². The van der Waals surface area contributed by atoms with E-state index in [1.54, 1.807) is 9.58 Å². The number of benzene rings is 1. The van der Waals surface area contributed by atoms with Crippen LogP contribution in [-0.2, 0) is 20.4 Å². The molecule has 1 saturated heterocycles. The molecule has 2 aliphatic rings. The zero-order valence-electron chi connectivity index (χ0n) is 15.9. The largest absolute Gasteiger partial charge is 0.338 e. The lowest BCUT2D eigenvalue weighted by Gasteiger charge is -2.42. The topological polar surface area (TPSA) is 101 Å². The normalized spacial score (nSPS) is 20.5. The predicted octanol–water partition coefficient (Wildman–Crippen LogP) is 1.00. The number of hydrogen-bond donors (Lipinski definition) is 0. The van der Waals surface area contributed by atoms with Gasteiger partial charge >= 0.3 is 0 Å². The molecule has 9 nitrogen and oxygen atoms in total. The molecule has 0 spiro atoms. The molecule has 156 valence electrons. The lowest BCUT2D eigenvalue weighted by atomic mass is 9.80. The Morgan fingerprint density at radius 1 is 1.00 bits per heavy atom. The van der Waals surface area contributed by atoms with E-state index < -0.39 is 21.4 Å². The van der Waals surface area contributed by atoms with E-state index in [2.05, 4.69) is 15.5 Å². The highest BCUT2D eigenvalue weighted by atomic mass is 32.2. The molecule has 1 aromatic carbocycles. The SMILES string of the molecule is O=C(N1CCN(S(=O)(=O)c2ccc(F)cc2)CC1)C1(n2cnnn2)CCCCC1. The second-order valence-corrected chi connectivity index (χ2v) is 9.43. The van der Waals surface area contributed by atoms with Gasteiger partial charge in [-0.05, 0) is 47.5 Å². The monoisotopic (exact) mass is 422 g/mol. The lowest BCUT2D eigenvalue weighted by Crippen LogP contribution is -2.57. The van der Waals surface area contributed by atoms with Crippen molar-refractivity contribution in [3.63, 3.8) is 0 Å². The number of carbonyl (C=O) groups is 1. The number of carbonyl (C=O) groups excluding carboxylic acids is 1. The van der Waals surface area contributed by atoms with Gasteiger partial charge in [0.05, 0.1) is 4.90 Å². The maximum Gasteiger partial charge on any atom is 0.250 e. The average Bonchev–Trinajstić information content (AvgIpc) is 3.30. The van der Waals surface area contributed by atoms with Crippen molar-refractivity contribution in [3.05, 3.63) is 36.4 Å². The van der Waals surface area contributed by atoms with E-state index in [0.717, 1.165) is 31.4 Å². The second kappa shape index (κ2) is 7.79. The first kappa shape index (κ1) is 19.9. The highest BCUT2D eigenvalue weighted by molar-refractivity contribution is 7.89. The number of piperazine rings is 1. The van der Waals surface area contributed by atoms with Crippen molar-refractivity contribution in [2.24, 2.45) is 0 Å². The van der Waals surface area contributed by atoms with Gasteiger partial charge in [0.2, 0.25) is 10.0 Å². The van der Waals surface area contributed by atoms with Gasteiger partial charge in [-0.25, -0.2) is 17.5 Å². The summed E-state index contributed by atoms with van der Waals surface area (Å²) in [6, 6.07) is 4.78. The standard InChI is InChI=1S/C18H23FN6O3S/c19-15-4-6-16(7-5-15)29(27,28)24-12-10-23(11-13-24)17(26)18(8-2-1-3-9-18)25-14-20-21-22-25/h4-7,14H,1-3,8-13H2. The minimum absolute atomic E-state index is 0.0520. The molecule has 0 radical (unpaired) electrons. The molecule has 29 heavy (non-hydrogen) atoms. The second-order valence-electron chi connectivity index (χ2n) is 7.50. The third-order valence-electron chi connectivity index (χ3n) is 5.84. The molecule has 1 aliphatic carbocycles. The number of tetrazole rings is 1. The Hall–Kier alpha value is -2.40. The molecule has 4 rings (SSSR count). The number of rotatable bonds is 4. The van der Waals surface area contributed by atoms with E-state index in [4.69, 9.17) is 0 Å². The van der Waals surface area contributed by atoms with Crippen molar-refractivity contribution in [2.45, 2.75) is 42.5 Å². The molecular weight excluding hydrogens is 399 g/mol. The van der Waals surface area contributed by atoms with E-state index >= 15 is 0 Å². The van der Waals surface area contributed by atoms with Crippen LogP contribution >= 0.6 is 0 Å². The van der Waals surface area contributed by atoms with Crippen molar-refractivity contribution in [1.29, 1.82) is 0 Å². The summed E-state index contributed by atoms with van der Waals surface area (Å²) in [5.41, 5.74) is -0.792. The van der Waals surface area contributed by atoms with Gasteiger partial charge in [0.15, 0.2) is 0 Å². The van der Waals surface area contributed by atoms with Crippen LogP contribution in [0.25, 0.3) is 0 Å². The van der Waals surface area contributed by atoms with Crippen LogP contribution in [0.3, 0.4) is 0 Å². The molecule has 2 aromatic rings. The third-order valence-corrected chi connectivity index (χ3v) is 7.76. The molecule has 1 saturated carbocycles. The summed E-state index contributed by atoms with van der Waals surface area (Å²) < 4.78 is 41.6. The van der Waals surface area contributed by atoms with Crippen molar-refractivity contribution < 1.29 is 17.6 Å². The zero-order chi connectivity index (χ0) is 20.5. The number of halogens is 1. The first-order valence-electron chi connectivity index (χ1n) is 9.72. The number of aromatic nitrogens is 4. The van der Waals surface area contributed by atoms with Gasteiger partial charge in [-0.3, -0.25) is 4.79 Å². The van der Waals surface area contributed by atoms with Crippen molar-refractivity contribution in [3.8, 4) is 0 Å². The van der Waals surface area contributed by atoms with Crippen LogP contribution in [0, 0.1) is 5.82 Å². The van der Waals surface area contributed by atoms with Crippen molar-refractivity contribution in [2.75, 3.05) is 26.2 Å². The number of amides is 1. The smallest absolute Gasteiger partial charge is 0.250 e. The van der Waals surface area contributed by atoms with E-state index in [1.807, 2.05) is 0 Å². The van der Waals surface area contributed by atoms with Gasteiger partial charge in [0, 0.05) is 26.2 Å². The zero-order valence-corrected chi connectivity index (χ0v) is 16.8. The Bertz CT molecular complexity index is 950. The maximum atomic E-state index is 13.4. The summed E-state index contributed by atoms with van der Waals surface area (Å²) in [7, 11) is -3.72. The van der Waals surface area contributed by atoms with Crippen molar-refractivity contribution in [1.82, 2.24) is 29.4 Å². The van der Waals surface area contributed by atoms with Crippen LogP contribution in [0.4, 0.5) is 4.39 Å². The fraction of sp³-hybridized carbons (Fsp3) is 0.556. The Kier molecular flexibility index (Phi) is 5.34. The summed E-state index contributed by atoms with van der Waals surface area (Å²) in [5, 5.41) is 11.4. The molecular formula is C18H23FN6O3S. The molecule has 11 heteroatoms. The molecule has 0 unspecified atom stereocenters. The van der Waals surface area contributed by atoms with E-state index in [1.165, 1.54) is 22.8 Å². The number of hydrogen-bond acceptors (Lipinski definition) is 6. The number of sulfonamides is 1. The van der Waals surface area contributed by atoms with Crippen LogP contribution < -0.4 is 0 Å². The van der Waals surface area contributed by atoms with Gasteiger partial charge in [-0.15, -0.1) is 5.10 Å². The fourth-order valence-corrected chi connectivity index (χ4v) is 5.64. The van der Waals surface area contributed by atoms with Crippen LogP contribution in [0.1, 0.15) is 32.1 Å². The highest BCUT2D eigenvalue weighted by Crippen LogP contribution is 2.36. The Balaban J connectivity index is 1.49. The maximum absolute atomic E-state index is 13.4. The summed E-state index contributed by atoms with van der Waals surface area (Å²) in [4.78, 5) is 15.2. The summed E-state index contributed by atoms with van der Waals surface area (Å²) in [6.45, 7) is 0.973. The Morgan fingerprint density at radius 3 is 2.24 bits per heavy atom.